The van der Waals surface area contributed by atoms with Gasteiger partial charge in [-0.2, -0.15) is 11.0 Å². The minimum atomic E-state index is 0.133. The van der Waals surface area contributed by atoms with Gasteiger partial charge in [-0.3, -0.25) is 4.90 Å². The lowest BCUT2D eigenvalue weighted by Gasteiger charge is -2.15. The van der Waals surface area contributed by atoms with Crippen molar-refractivity contribution < 1.29 is 26.1 Å². The highest BCUT2D eigenvalue weighted by Gasteiger charge is 2.20. The zero-order valence-corrected chi connectivity index (χ0v) is 21.6. The number of nitrogens with two attached hydrogens (primary N) is 3. The molecule has 1 saturated heterocycles. The molecular formula is C28H38N6O3+2. The molecule has 1 fully saturated rings. The van der Waals surface area contributed by atoms with Gasteiger partial charge in [0, 0.05) is 30.8 Å². The predicted octanol–water partition coefficient (Wildman–Crippen LogP) is 2.51. The Balaban J connectivity index is 1.50. The first-order valence-electron chi connectivity index (χ1n) is 12.7. The van der Waals surface area contributed by atoms with Gasteiger partial charge < -0.3 is 15.8 Å². The highest BCUT2D eigenvalue weighted by Crippen LogP contribution is 2.36. The van der Waals surface area contributed by atoms with E-state index < -0.39 is 0 Å². The average Bonchev–Trinajstić information content (AvgIpc) is 3.31. The summed E-state index contributed by atoms with van der Waals surface area (Å²) in [5.74, 6) is 1.04. The molecule has 0 saturated carbocycles. The maximum Gasteiger partial charge on any atom is 0.198 e. The molecule has 1 aliphatic carbocycles. The first-order chi connectivity index (χ1) is 18.0. The maximum atomic E-state index is 9.99. The number of quaternary nitrogens is 2. The van der Waals surface area contributed by atoms with Gasteiger partial charge >= 0.3 is 0 Å². The Labute approximate surface area is 218 Å². The van der Waals surface area contributed by atoms with Crippen molar-refractivity contribution in [1.82, 2.24) is 10.2 Å². The number of aryl methyl sites for hydroxylation is 2. The van der Waals surface area contributed by atoms with E-state index in [0.717, 1.165) is 64.3 Å². The van der Waals surface area contributed by atoms with Gasteiger partial charge in [0.25, 0.3) is 0 Å². The summed E-state index contributed by atoms with van der Waals surface area (Å²) < 4.78 is 5.97. The molecule has 1 heterocycles. The molecule has 0 radical (unpaired) electrons. The number of rotatable bonds is 9. The van der Waals surface area contributed by atoms with Crippen LogP contribution in [0.25, 0.3) is 11.1 Å². The third kappa shape index (κ3) is 6.85. The summed E-state index contributed by atoms with van der Waals surface area (Å²) in [6.45, 7) is 8.02. The van der Waals surface area contributed by atoms with Crippen LogP contribution < -0.4 is 22.0 Å². The van der Waals surface area contributed by atoms with Crippen molar-refractivity contribution in [3.63, 3.8) is 0 Å². The van der Waals surface area contributed by atoms with Gasteiger partial charge in [0.05, 0.1) is 5.76 Å². The average molecular weight is 507 g/mol. The normalized spacial score (nSPS) is 16.4. The molecule has 0 aromatic heterocycles. The SMILES string of the molecule is Cc1cccc(C)c1-c1cc([NH2+]O)c(N=C(N)NC2=CC=C(OCCN3CCCC3)CC=C2)c([NH2+]O)c1. The third-order valence-corrected chi connectivity index (χ3v) is 6.68. The van der Waals surface area contributed by atoms with Crippen LogP contribution in [0, 0.1) is 13.8 Å². The number of hydrogen-bond acceptors (Lipinski definition) is 5. The summed E-state index contributed by atoms with van der Waals surface area (Å²) >= 11 is 0. The van der Waals surface area contributed by atoms with Crippen LogP contribution in [0.2, 0.25) is 0 Å². The number of guanidine groups is 1. The topological polar surface area (TPSA) is 137 Å². The van der Waals surface area contributed by atoms with Crippen molar-refractivity contribution in [2.75, 3.05) is 26.2 Å². The lowest BCUT2D eigenvalue weighted by atomic mass is 9.94. The van der Waals surface area contributed by atoms with Gasteiger partial charge in [0.2, 0.25) is 0 Å². The molecule has 2 aliphatic rings. The van der Waals surface area contributed by atoms with E-state index in [1.54, 1.807) is 0 Å². The Hall–Kier alpha value is -3.47. The van der Waals surface area contributed by atoms with Crippen molar-refractivity contribution in [3.05, 3.63) is 77.2 Å². The number of nitrogens with zero attached hydrogens (tertiary/aromatic N) is 2. The van der Waals surface area contributed by atoms with Crippen molar-refractivity contribution in [1.29, 1.82) is 0 Å². The fraction of sp³-hybridized carbons (Fsp3) is 0.321. The van der Waals surface area contributed by atoms with Crippen molar-refractivity contribution >= 4 is 23.0 Å². The van der Waals surface area contributed by atoms with Gasteiger partial charge in [0.1, 0.15) is 6.61 Å². The molecule has 37 heavy (non-hydrogen) atoms. The second-order valence-electron chi connectivity index (χ2n) is 9.41. The van der Waals surface area contributed by atoms with Gasteiger partial charge in [0.15, 0.2) is 23.0 Å². The van der Waals surface area contributed by atoms with Crippen LogP contribution in [0.3, 0.4) is 0 Å². The maximum absolute atomic E-state index is 9.99. The Morgan fingerprint density at radius 1 is 1.08 bits per heavy atom. The minimum Gasteiger partial charge on any atom is -0.496 e. The summed E-state index contributed by atoms with van der Waals surface area (Å²) in [4.78, 5) is 6.91. The zero-order valence-electron chi connectivity index (χ0n) is 21.6. The van der Waals surface area contributed by atoms with Crippen LogP contribution in [0.1, 0.15) is 30.4 Å². The molecular weight excluding hydrogens is 468 g/mol. The van der Waals surface area contributed by atoms with E-state index in [-0.39, 0.29) is 5.96 Å². The first kappa shape index (κ1) is 26.6. The number of nitrogens with one attached hydrogen (secondary N) is 1. The summed E-state index contributed by atoms with van der Waals surface area (Å²) in [5, 5.41) is 23.1. The molecule has 4 rings (SSSR count). The second kappa shape index (κ2) is 12.7. The third-order valence-electron chi connectivity index (χ3n) is 6.68. The number of benzene rings is 2. The number of hydrogen-bond donors (Lipinski definition) is 6. The molecule has 196 valence electrons. The Bertz CT molecular complexity index is 1180. The smallest absolute Gasteiger partial charge is 0.198 e. The van der Waals surface area contributed by atoms with Crippen molar-refractivity contribution in [3.8, 4) is 11.1 Å². The predicted molar refractivity (Wildman–Crippen MR) is 144 cm³/mol. The van der Waals surface area contributed by atoms with Crippen LogP contribution in [0.4, 0.5) is 17.1 Å². The summed E-state index contributed by atoms with van der Waals surface area (Å²) in [7, 11) is 0. The van der Waals surface area contributed by atoms with Crippen LogP contribution >= 0.6 is 0 Å². The van der Waals surface area contributed by atoms with E-state index in [0.29, 0.717) is 30.1 Å². The van der Waals surface area contributed by atoms with Crippen molar-refractivity contribution in [2.45, 2.75) is 33.1 Å². The Kier molecular flexibility index (Phi) is 9.10. The highest BCUT2D eigenvalue weighted by atomic mass is 16.5. The van der Waals surface area contributed by atoms with Crippen LogP contribution in [0.5, 0.6) is 0 Å². The van der Waals surface area contributed by atoms with Crippen molar-refractivity contribution in [2.24, 2.45) is 10.7 Å². The van der Waals surface area contributed by atoms with Crippen LogP contribution in [-0.2, 0) is 4.74 Å². The minimum absolute atomic E-state index is 0.133. The van der Waals surface area contributed by atoms with Crippen LogP contribution in [0.15, 0.2) is 71.1 Å². The fourth-order valence-electron chi connectivity index (χ4n) is 4.83. The van der Waals surface area contributed by atoms with Crippen LogP contribution in [-0.4, -0.2) is 47.5 Å². The molecule has 9 nitrogen and oxygen atoms in total. The van der Waals surface area contributed by atoms with E-state index in [1.807, 2.05) is 68.5 Å². The molecule has 0 amide bonds. The molecule has 2 aromatic carbocycles. The van der Waals surface area contributed by atoms with E-state index in [9.17, 15) is 10.4 Å². The molecule has 2 aromatic rings. The summed E-state index contributed by atoms with van der Waals surface area (Å²) in [5.41, 5.74) is 14.3. The fourth-order valence-corrected chi connectivity index (χ4v) is 4.83. The number of ether oxygens (including phenoxy) is 1. The number of aliphatic imine (C=N–C) groups is 1. The van der Waals surface area contributed by atoms with E-state index in [1.165, 1.54) is 12.8 Å². The molecule has 1 aliphatic heterocycles. The van der Waals surface area contributed by atoms with E-state index >= 15 is 0 Å². The molecule has 0 unspecified atom stereocenters. The number of likely N-dealkylation sites (tertiary alicyclic amines) is 1. The standard InChI is InChI=1S/C28H36N6O3/c1-19-7-5-8-20(2)26(19)21-17-24(32-35)27(25(18-21)33-36)31-28(29)30-22-9-6-10-23(12-11-22)37-16-15-34-13-3-4-14-34/h5-9,11-12,17-18,32-33,35-36H,3-4,10,13-16H2,1-2H3,(H3,29,30,31)/p+2. The van der Waals surface area contributed by atoms with E-state index in [2.05, 4.69) is 15.2 Å². The molecule has 9 N–H and O–H groups in total. The molecule has 9 heteroatoms. The Morgan fingerprint density at radius 3 is 2.41 bits per heavy atom. The van der Waals surface area contributed by atoms with Gasteiger partial charge in [-0.1, -0.05) is 24.3 Å². The monoisotopic (exact) mass is 506 g/mol. The highest BCUT2D eigenvalue weighted by molar-refractivity contribution is 5.89. The molecule has 0 bridgehead atoms. The van der Waals surface area contributed by atoms with Gasteiger partial charge in [-0.05, 0) is 80.3 Å². The quantitative estimate of drug-likeness (QED) is 0.134. The second-order valence-corrected chi connectivity index (χ2v) is 9.41. The molecule has 0 spiro atoms. The van der Waals surface area contributed by atoms with Gasteiger partial charge in [-0.25, -0.2) is 15.4 Å². The lowest BCUT2D eigenvalue weighted by molar-refractivity contribution is -0.830. The largest absolute Gasteiger partial charge is 0.496 e. The summed E-state index contributed by atoms with van der Waals surface area (Å²) in [6, 6.07) is 9.76. The Morgan fingerprint density at radius 2 is 1.76 bits per heavy atom. The summed E-state index contributed by atoms with van der Waals surface area (Å²) in [6.07, 6.45) is 11.0. The first-order valence-corrected chi connectivity index (χ1v) is 12.7. The number of allylic oxidation sites excluding steroid dienone is 4. The van der Waals surface area contributed by atoms with E-state index in [4.69, 9.17) is 10.5 Å². The van der Waals surface area contributed by atoms with Gasteiger partial charge in [-0.15, -0.1) is 0 Å². The zero-order chi connectivity index (χ0) is 26.2. The lowest BCUT2D eigenvalue weighted by Crippen LogP contribution is -2.76. The molecule has 0 atom stereocenters.